The molecule has 16 heavy (non-hydrogen) atoms. The van der Waals surface area contributed by atoms with Crippen LogP contribution in [0.2, 0.25) is 0 Å². The quantitative estimate of drug-likeness (QED) is 0.679. The van der Waals surface area contributed by atoms with Gasteiger partial charge in [-0.15, -0.1) is 0 Å². The van der Waals surface area contributed by atoms with Crippen molar-refractivity contribution in [2.75, 3.05) is 6.54 Å². The van der Waals surface area contributed by atoms with Gasteiger partial charge in [0.2, 0.25) is 5.91 Å². The van der Waals surface area contributed by atoms with E-state index in [0.717, 1.165) is 13.0 Å². The van der Waals surface area contributed by atoms with Gasteiger partial charge in [0.15, 0.2) is 0 Å². The van der Waals surface area contributed by atoms with Gasteiger partial charge in [-0.05, 0) is 32.1 Å². The molecule has 0 saturated heterocycles. The van der Waals surface area contributed by atoms with Crippen molar-refractivity contribution in [3.8, 4) is 0 Å². The van der Waals surface area contributed by atoms with Crippen molar-refractivity contribution in [1.82, 2.24) is 4.90 Å². The van der Waals surface area contributed by atoms with Crippen LogP contribution in [0.5, 0.6) is 0 Å². The third-order valence-electron chi connectivity index (χ3n) is 3.24. The van der Waals surface area contributed by atoms with Crippen LogP contribution in [0.1, 0.15) is 54.9 Å². The van der Waals surface area contributed by atoms with Crippen molar-refractivity contribution in [2.24, 2.45) is 17.8 Å². The molecule has 0 spiro atoms. The minimum Gasteiger partial charge on any atom is -0.340 e. The maximum absolute atomic E-state index is 12.3. The van der Waals surface area contributed by atoms with E-state index in [4.69, 9.17) is 0 Å². The van der Waals surface area contributed by atoms with Crippen molar-refractivity contribution in [3.63, 3.8) is 0 Å². The van der Waals surface area contributed by atoms with Crippen LogP contribution in [-0.2, 0) is 4.79 Å². The van der Waals surface area contributed by atoms with E-state index in [1.165, 1.54) is 0 Å². The standard InChI is InChI=1S/C14H29NO/c1-10(2)8-9-15(12(5)6)14(16)13(7)11(3)4/h10-13H,8-9H2,1-7H3. The fourth-order valence-electron chi connectivity index (χ4n) is 1.57. The summed E-state index contributed by atoms with van der Waals surface area (Å²) >= 11 is 0. The third-order valence-corrected chi connectivity index (χ3v) is 3.24. The second kappa shape index (κ2) is 6.93. The van der Waals surface area contributed by atoms with Gasteiger partial charge in [-0.25, -0.2) is 0 Å². The highest BCUT2D eigenvalue weighted by atomic mass is 16.2. The molecule has 0 rings (SSSR count). The Labute approximate surface area is 101 Å². The van der Waals surface area contributed by atoms with Gasteiger partial charge in [-0.2, -0.15) is 0 Å². The highest BCUT2D eigenvalue weighted by Gasteiger charge is 2.24. The highest BCUT2D eigenvalue weighted by molar-refractivity contribution is 5.79. The zero-order valence-corrected chi connectivity index (χ0v) is 12.1. The average molecular weight is 227 g/mol. The summed E-state index contributed by atoms with van der Waals surface area (Å²) in [4.78, 5) is 14.3. The summed E-state index contributed by atoms with van der Waals surface area (Å²) < 4.78 is 0. The van der Waals surface area contributed by atoms with Gasteiger partial charge in [-0.3, -0.25) is 4.79 Å². The number of hydrogen-bond donors (Lipinski definition) is 0. The Morgan fingerprint density at radius 3 is 1.81 bits per heavy atom. The van der Waals surface area contributed by atoms with E-state index >= 15 is 0 Å². The Morgan fingerprint density at radius 2 is 1.50 bits per heavy atom. The molecule has 0 aliphatic carbocycles. The lowest BCUT2D eigenvalue weighted by Crippen LogP contribution is -2.42. The van der Waals surface area contributed by atoms with Crippen LogP contribution in [0.3, 0.4) is 0 Å². The van der Waals surface area contributed by atoms with Crippen molar-refractivity contribution < 1.29 is 4.79 Å². The molecular weight excluding hydrogens is 198 g/mol. The summed E-state index contributed by atoms with van der Waals surface area (Å²) in [6.45, 7) is 15.8. The first-order valence-electron chi connectivity index (χ1n) is 6.57. The van der Waals surface area contributed by atoms with E-state index in [9.17, 15) is 4.79 Å². The lowest BCUT2D eigenvalue weighted by atomic mass is 9.95. The Bertz CT molecular complexity index is 209. The minimum absolute atomic E-state index is 0.134. The van der Waals surface area contributed by atoms with Crippen molar-refractivity contribution in [1.29, 1.82) is 0 Å². The molecule has 1 atom stereocenters. The number of amides is 1. The first-order chi connectivity index (χ1) is 7.27. The first-order valence-corrected chi connectivity index (χ1v) is 6.57. The summed E-state index contributed by atoms with van der Waals surface area (Å²) in [6, 6.07) is 0.312. The zero-order valence-electron chi connectivity index (χ0n) is 12.1. The van der Waals surface area contributed by atoms with Gasteiger partial charge < -0.3 is 4.90 Å². The number of carbonyl (C=O) groups excluding carboxylic acids is 1. The molecule has 0 aromatic carbocycles. The normalized spacial score (nSPS) is 13.6. The zero-order chi connectivity index (χ0) is 12.9. The number of hydrogen-bond acceptors (Lipinski definition) is 1. The van der Waals surface area contributed by atoms with Crippen LogP contribution in [0.4, 0.5) is 0 Å². The van der Waals surface area contributed by atoms with Gasteiger partial charge in [0, 0.05) is 18.5 Å². The summed E-state index contributed by atoms with van der Waals surface area (Å²) in [5.41, 5.74) is 0. The molecule has 0 aromatic heterocycles. The summed E-state index contributed by atoms with van der Waals surface area (Å²) in [5.74, 6) is 1.52. The molecule has 2 nitrogen and oxygen atoms in total. The molecule has 0 bridgehead atoms. The second-order valence-electron chi connectivity index (χ2n) is 5.84. The van der Waals surface area contributed by atoms with E-state index in [1.807, 2.05) is 11.8 Å². The smallest absolute Gasteiger partial charge is 0.225 e. The van der Waals surface area contributed by atoms with Crippen molar-refractivity contribution >= 4 is 5.91 Å². The predicted molar refractivity (Wildman–Crippen MR) is 70.3 cm³/mol. The van der Waals surface area contributed by atoms with E-state index in [2.05, 4.69) is 41.5 Å². The van der Waals surface area contributed by atoms with Crippen molar-refractivity contribution in [3.05, 3.63) is 0 Å². The van der Waals surface area contributed by atoms with Crippen LogP contribution < -0.4 is 0 Å². The van der Waals surface area contributed by atoms with Crippen LogP contribution in [-0.4, -0.2) is 23.4 Å². The van der Waals surface area contributed by atoms with Crippen molar-refractivity contribution in [2.45, 2.75) is 60.9 Å². The molecule has 0 N–H and O–H groups in total. The largest absolute Gasteiger partial charge is 0.340 e. The number of rotatable bonds is 6. The second-order valence-corrected chi connectivity index (χ2v) is 5.84. The molecule has 2 heteroatoms. The Hall–Kier alpha value is -0.530. The molecule has 0 aromatic rings. The third kappa shape index (κ3) is 5.00. The average Bonchev–Trinajstić information content (AvgIpc) is 2.15. The Kier molecular flexibility index (Phi) is 6.70. The summed E-state index contributed by atoms with van der Waals surface area (Å²) in [7, 11) is 0. The molecule has 0 aliphatic heterocycles. The summed E-state index contributed by atoms with van der Waals surface area (Å²) in [6.07, 6.45) is 1.09. The monoisotopic (exact) mass is 227 g/mol. The molecule has 0 aliphatic rings. The van der Waals surface area contributed by atoms with Gasteiger partial charge in [0.25, 0.3) is 0 Å². The van der Waals surface area contributed by atoms with Gasteiger partial charge in [-0.1, -0.05) is 34.6 Å². The van der Waals surface area contributed by atoms with Gasteiger partial charge >= 0.3 is 0 Å². The van der Waals surface area contributed by atoms with E-state index < -0.39 is 0 Å². The molecule has 1 unspecified atom stereocenters. The number of nitrogens with zero attached hydrogens (tertiary/aromatic N) is 1. The fourth-order valence-corrected chi connectivity index (χ4v) is 1.57. The van der Waals surface area contributed by atoms with E-state index in [-0.39, 0.29) is 5.92 Å². The predicted octanol–water partition coefficient (Wildman–Crippen LogP) is 3.56. The lowest BCUT2D eigenvalue weighted by Gasteiger charge is -2.31. The van der Waals surface area contributed by atoms with Crippen LogP contribution in [0.25, 0.3) is 0 Å². The maximum atomic E-state index is 12.3. The molecule has 0 saturated carbocycles. The highest BCUT2D eigenvalue weighted by Crippen LogP contribution is 2.16. The first kappa shape index (κ1) is 15.5. The minimum atomic E-state index is 0.134. The lowest BCUT2D eigenvalue weighted by molar-refractivity contribution is -0.138. The van der Waals surface area contributed by atoms with Crippen LogP contribution >= 0.6 is 0 Å². The van der Waals surface area contributed by atoms with Crippen LogP contribution in [0, 0.1) is 17.8 Å². The maximum Gasteiger partial charge on any atom is 0.225 e. The summed E-state index contributed by atoms with van der Waals surface area (Å²) in [5, 5.41) is 0. The molecule has 0 fully saturated rings. The molecule has 0 radical (unpaired) electrons. The SMILES string of the molecule is CC(C)CCN(C(=O)C(C)C(C)C)C(C)C. The van der Waals surface area contributed by atoms with Gasteiger partial charge in [0.1, 0.15) is 0 Å². The molecule has 0 heterocycles. The topological polar surface area (TPSA) is 20.3 Å². The molecule has 1 amide bonds. The Morgan fingerprint density at radius 1 is 1.00 bits per heavy atom. The molecular formula is C14H29NO. The van der Waals surface area contributed by atoms with E-state index in [1.54, 1.807) is 0 Å². The van der Waals surface area contributed by atoms with E-state index in [0.29, 0.717) is 23.8 Å². The molecule has 96 valence electrons. The Balaban J connectivity index is 4.47. The van der Waals surface area contributed by atoms with Gasteiger partial charge in [0.05, 0.1) is 0 Å². The van der Waals surface area contributed by atoms with Crippen LogP contribution in [0.15, 0.2) is 0 Å². The fraction of sp³-hybridized carbons (Fsp3) is 0.929. The number of carbonyl (C=O) groups is 1.